The van der Waals surface area contributed by atoms with Crippen LogP contribution in [0.15, 0.2) is 89.7 Å². The minimum Gasteiger partial charge on any atom is -0.471 e. The van der Waals surface area contributed by atoms with Crippen molar-refractivity contribution in [2.24, 2.45) is 0 Å². The molecule has 3 heterocycles. The van der Waals surface area contributed by atoms with Crippen molar-refractivity contribution in [3.63, 3.8) is 0 Å². The van der Waals surface area contributed by atoms with Crippen molar-refractivity contribution in [3.8, 4) is 43.1 Å². The molecule has 0 aliphatic rings. The molecule has 0 unspecified atom stereocenters. The molecule has 0 spiro atoms. The van der Waals surface area contributed by atoms with Crippen molar-refractivity contribution in [2.45, 2.75) is 13.8 Å². The highest BCUT2D eigenvalue weighted by Crippen LogP contribution is 2.44. The van der Waals surface area contributed by atoms with Crippen LogP contribution in [0.2, 0.25) is 0 Å². The van der Waals surface area contributed by atoms with E-state index in [4.69, 9.17) is 4.42 Å². The average Bonchev–Trinajstić information content (AvgIpc) is 3.47. The van der Waals surface area contributed by atoms with E-state index in [1.165, 1.54) is 52.9 Å². The molecule has 0 bridgehead atoms. The van der Waals surface area contributed by atoms with Gasteiger partial charge >= 0.3 is 0 Å². The summed E-state index contributed by atoms with van der Waals surface area (Å²) in [4.78, 5) is 5.19. The minimum absolute atomic E-state index is 1.17. The Morgan fingerprint density at radius 1 is 0.552 bits per heavy atom. The molecule has 0 saturated heterocycles. The van der Waals surface area contributed by atoms with Crippen LogP contribution in [-0.2, 0) is 0 Å². The van der Waals surface area contributed by atoms with Gasteiger partial charge in [-0.15, -0.1) is 22.7 Å². The van der Waals surface area contributed by atoms with Crippen LogP contribution in [0.25, 0.3) is 43.1 Å². The van der Waals surface area contributed by atoms with Gasteiger partial charge in [0.1, 0.15) is 0 Å². The van der Waals surface area contributed by atoms with Gasteiger partial charge in [-0.05, 0) is 48.2 Å². The van der Waals surface area contributed by atoms with Gasteiger partial charge in [-0.2, -0.15) is 0 Å². The van der Waals surface area contributed by atoms with E-state index in [1.807, 2.05) is 35.2 Å². The molecule has 0 aliphatic carbocycles. The smallest absolute Gasteiger partial charge is 0.0987 e. The zero-order chi connectivity index (χ0) is 19.8. The molecule has 0 radical (unpaired) electrons. The zero-order valence-electron chi connectivity index (χ0n) is 16.3. The number of benzene rings is 2. The molecule has 2 aromatic carbocycles. The molecular weight excluding hydrogens is 392 g/mol. The highest BCUT2D eigenvalue weighted by atomic mass is 32.1. The Bertz CT molecular complexity index is 1160. The SMILES string of the molecule is Cc1sc(-c2ccccc2)cc1-c1cocc1-c1cc(-c2ccccc2)sc1C. The Kier molecular flexibility index (Phi) is 4.70. The fourth-order valence-electron chi connectivity index (χ4n) is 3.70. The van der Waals surface area contributed by atoms with Gasteiger partial charge in [-0.3, -0.25) is 0 Å². The normalized spacial score (nSPS) is 11.1. The summed E-state index contributed by atoms with van der Waals surface area (Å²) in [6.07, 6.45) is 3.77. The maximum Gasteiger partial charge on any atom is 0.0987 e. The molecule has 0 aliphatic heterocycles. The van der Waals surface area contributed by atoms with E-state index in [2.05, 4.69) is 86.6 Å². The van der Waals surface area contributed by atoms with Gasteiger partial charge in [0.05, 0.1) is 12.5 Å². The summed E-state index contributed by atoms with van der Waals surface area (Å²) in [6.45, 7) is 4.39. The molecule has 3 heteroatoms. The molecule has 0 atom stereocenters. The molecule has 0 amide bonds. The van der Waals surface area contributed by atoms with E-state index < -0.39 is 0 Å². The first kappa shape index (κ1) is 18.2. The highest BCUT2D eigenvalue weighted by Gasteiger charge is 2.18. The third-order valence-corrected chi connectivity index (χ3v) is 7.39. The first-order chi connectivity index (χ1) is 14.2. The van der Waals surface area contributed by atoms with Crippen LogP contribution in [0, 0.1) is 13.8 Å². The predicted molar refractivity (Wildman–Crippen MR) is 126 cm³/mol. The van der Waals surface area contributed by atoms with Crippen molar-refractivity contribution in [3.05, 3.63) is 95.1 Å². The first-order valence-corrected chi connectivity index (χ1v) is 11.2. The molecule has 5 rings (SSSR count). The summed E-state index contributed by atoms with van der Waals surface area (Å²) < 4.78 is 5.70. The second-order valence-electron chi connectivity index (χ2n) is 7.09. The maximum atomic E-state index is 5.70. The highest BCUT2D eigenvalue weighted by molar-refractivity contribution is 7.16. The van der Waals surface area contributed by atoms with Gasteiger partial charge in [0.15, 0.2) is 0 Å². The second kappa shape index (κ2) is 7.51. The Morgan fingerprint density at radius 2 is 0.966 bits per heavy atom. The Balaban J connectivity index is 1.58. The van der Waals surface area contributed by atoms with Crippen LogP contribution < -0.4 is 0 Å². The van der Waals surface area contributed by atoms with E-state index in [0.717, 1.165) is 0 Å². The average molecular weight is 413 g/mol. The molecular formula is C26H20OS2. The number of aryl methyl sites for hydroxylation is 2. The van der Waals surface area contributed by atoms with E-state index in [0.29, 0.717) is 0 Å². The molecule has 5 aromatic rings. The molecule has 1 nitrogen and oxygen atoms in total. The van der Waals surface area contributed by atoms with Crippen LogP contribution in [0.5, 0.6) is 0 Å². The lowest BCUT2D eigenvalue weighted by Gasteiger charge is -2.02. The van der Waals surface area contributed by atoms with Crippen LogP contribution >= 0.6 is 22.7 Å². The molecule has 0 N–H and O–H groups in total. The van der Waals surface area contributed by atoms with E-state index in [9.17, 15) is 0 Å². The van der Waals surface area contributed by atoms with Crippen molar-refractivity contribution in [2.75, 3.05) is 0 Å². The van der Waals surface area contributed by atoms with Crippen LogP contribution in [0.3, 0.4) is 0 Å². The lowest BCUT2D eigenvalue weighted by atomic mass is 9.99. The van der Waals surface area contributed by atoms with E-state index >= 15 is 0 Å². The van der Waals surface area contributed by atoms with Gasteiger partial charge in [-0.1, -0.05) is 60.7 Å². The number of furan rings is 1. The summed E-state index contributed by atoms with van der Waals surface area (Å²) in [7, 11) is 0. The fourth-order valence-corrected chi connectivity index (χ4v) is 5.78. The van der Waals surface area contributed by atoms with Crippen molar-refractivity contribution >= 4 is 22.7 Å². The van der Waals surface area contributed by atoms with Crippen LogP contribution in [0.4, 0.5) is 0 Å². The fraction of sp³-hybridized carbons (Fsp3) is 0.0769. The van der Waals surface area contributed by atoms with Gasteiger partial charge in [0, 0.05) is 30.6 Å². The van der Waals surface area contributed by atoms with E-state index in [1.54, 1.807) is 0 Å². The van der Waals surface area contributed by atoms with Crippen molar-refractivity contribution in [1.29, 1.82) is 0 Å². The van der Waals surface area contributed by atoms with Crippen LogP contribution in [-0.4, -0.2) is 0 Å². The van der Waals surface area contributed by atoms with Gasteiger partial charge < -0.3 is 4.42 Å². The number of rotatable bonds is 4. The number of hydrogen-bond donors (Lipinski definition) is 0. The lowest BCUT2D eigenvalue weighted by Crippen LogP contribution is -1.80. The lowest BCUT2D eigenvalue weighted by molar-refractivity contribution is 0.569. The van der Waals surface area contributed by atoms with Gasteiger partial charge in [-0.25, -0.2) is 0 Å². The standard InChI is InChI=1S/C26H20OS2/c1-17-21(13-25(28-17)19-9-5-3-6-10-19)23-15-27-16-24(23)22-14-26(29-18(22)2)20-11-7-4-8-12-20/h3-16H,1-2H3. The topological polar surface area (TPSA) is 13.1 Å². The summed E-state index contributed by atoms with van der Waals surface area (Å²) in [6, 6.07) is 25.7. The summed E-state index contributed by atoms with van der Waals surface area (Å²) >= 11 is 3.67. The summed E-state index contributed by atoms with van der Waals surface area (Å²) in [5.74, 6) is 0. The predicted octanol–water partition coefficient (Wildman–Crippen LogP) is 8.69. The first-order valence-electron chi connectivity index (χ1n) is 9.59. The minimum atomic E-state index is 1.17. The summed E-state index contributed by atoms with van der Waals surface area (Å²) in [5.41, 5.74) is 7.36. The summed E-state index contributed by atoms with van der Waals surface area (Å²) in [5, 5.41) is 0. The Labute approximate surface area is 178 Å². The molecule has 142 valence electrons. The van der Waals surface area contributed by atoms with Gasteiger partial charge in [0.2, 0.25) is 0 Å². The largest absolute Gasteiger partial charge is 0.471 e. The number of hydrogen-bond acceptors (Lipinski definition) is 3. The van der Waals surface area contributed by atoms with E-state index in [-0.39, 0.29) is 0 Å². The third-order valence-electron chi connectivity index (χ3n) is 5.19. The molecule has 0 fully saturated rings. The maximum absolute atomic E-state index is 5.70. The van der Waals surface area contributed by atoms with Crippen molar-refractivity contribution < 1.29 is 4.42 Å². The quantitative estimate of drug-likeness (QED) is 0.288. The Hall–Kier alpha value is -2.88. The molecule has 3 aromatic heterocycles. The molecule has 0 saturated carbocycles. The monoisotopic (exact) mass is 412 g/mol. The third kappa shape index (κ3) is 3.37. The van der Waals surface area contributed by atoms with Crippen LogP contribution in [0.1, 0.15) is 9.75 Å². The van der Waals surface area contributed by atoms with Gasteiger partial charge in [0.25, 0.3) is 0 Å². The number of thiophene rings is 2. The second-order valence-corrected chi connectivity index (χ2v) is 9.60. The Morgan fingerprint density at radius 3 is 1.38 bits per heavy atom. The van der Waals surface area contributed by atoms with Crippen molar-refractivity contribution in [1.82, 2.24) is 0 Å². The zero-order valence-corrected chi connectivity index (χ0v) is 17.9. The molecule has 29 heavy (non-hydrogen) atoms.